The summed E-state index contributed by atoms with van der Waals surface area (Å²) in [7, 11) is 0. The molecule has 0 radical (unpaired) electrons. The van der Waals surface area contributed by atoms with Gasteiger partial charge < -0.3 is 15.1 Å². The van der Waals surface area contributed by atoms with Gasteiger partial charge >= 0.3 is 0 Å². The number of carbonyl (C=O) groups excluding carboxylic acids is 2. The molecule has 1 aliphatic heterocycles. The molecule has 0 aromatic rings. The zero-order chi connectivity index (χ0) is 13.0. The van der Waals surface area contributed by atoms with Crippen molar-refractivity contribution in [2.75, 3.05) is 39.3 Å². The van der Waals surface area contributed by atoms with Crippen molar-refractivity contribution in [3.8, 4) is 0 Å². The summed E-state index contributed by atoms with van der Waals surface area (Å²) in [6, 6.07) is 0. The van der Waals surface area contributed by atoms with Gasteiger partial charge in [-0.25, -0.2) is 0 Å². The number of rotatable bonds is 5. The number of nitrogens with one attached hydrogen (secondary N) is 1. The van der Waals surface area contributed by atoms with Crippen LogP contribution in [0.3, 0.4) is 0 Å². The highest BCUT2D eigenvalue weighted by Gasteiger charge is 2.34. The van der Waals surface area contributed by atoms with Crippen LogP contribution in [-0.2, 0) is 9.59 Å². The molecule has 1 aliphatic carbocycles. The second-order valence-electron chi connectivity index (χ2n) is 4.90. The lowest BCUT2D eigenvalue weighted by atomic mass is 10.2. The van der Waals surface area contributed by atoms with Gasteiger partial charge in [0, 0.05) is 38.6 Å². The van der Waals surface area contributed by atoms with Crippen LogP contribution in [0.4, 0.5) is 0 Å². The predicted octanol–water partition coefficient (Wildman–Crippen LogP) is -0.157. The lowest BCUT2D eigenvalue weighted by molar-refractivity contribution is -0.139. The molecule has 2 fully saturated rings. The highest BCUT2D eigenvalue weighted by molar-refractivity contribution is 5.82. The van der Waals surface area contributed by atoms with Crippen LogP contribution >= 0.6 is 0 Å². The summed E-state index contributed by atoms with van der Waals surface area (Å²) in [5, 5.41) is 3.00. The minimum absolute atomic E-state index is 0.107. The van der Waals surface area contributed by atoms with E-state index in [0.717, 1.165) is 12.8 Å². The standard InChI is InChI=1S/C13H21N3O2/c1-2-5-14-10-12(17)15-6-8-16(9-7-15)13(18)11-3-4-11/h2,11,14H,1,3-10H2. The lowest BCUT2D eigenvalue weighted by Crippen LogP contribution is -2.52. The fourth-order valence-electron chi connectivity index (χ4n) is 2.16. The van der Waals surface area contributed by atoms with Crippen LogP contribution in [0.25, 0.3) is 0 Å². The summed E-state index contributed by atoms with van der Waals surface area (Å²) in [5.41, 5.74) is 0. The quantitative estimate of drug-likeness (QED) is 0.546. The number of nitrogens with zero attached hydrogens (tertiary/aromatic N) is 2. The second-order valence-corrected chi connectivity index (χ2v) is 4.90. The minimum atomic E-state index is 0.107. The molecule has 0 atom stereocenters. The van der Waals surface area contributed by atoms with E-state index in [2.05, 4.69) is 11.9 Å². The Labute approximate surface area is 108 Å². The van der Waals surface area contributed by atoms with Gasteiger partial charge in [-0.1, -0.05) is 6.08 Å². The molecule has 5 nitrogen and oxygen atoms in total. The third kappa shape index (κ3) is 3.32. The molecule has 0 aromatic carbocycles. The molecule has 1 saturated carbocycles. The topological polar surface area (TPSA) is 52.7 Å². The first-order valence-electron chi connectivity index (χ1n) is 6.60. The fourth-order valence-corrected chi connectivity index (χ4v) is 2.16. The van der Waals surface area contributed by atoms with E-state index in [4.69, 9.17) is 0 Å². The normalized spacial score (nSPS) is 19.8. The van der Waals surface area contributed by atoms with Gasteiger partial charge in [0.05, 0.1) is 6.54 Å². The second kappa shape index (κ2) is 6.00. The summed E-state index contributed by atoms with van der Waals surface area (Å²) in [6.07, 6.45) is 3.83. The van der Waals surface area contributed by atoms with Crippen LogP contribution in [0.5, 0.6) is 0 Å². The van der Waals surface area contributed by atoms with E-state index in [1.807, 2.05) is 9.80 Å². The van der Waals surface area contributed by atoms with Crippen LogP contribution in [0.2, 0.25) is 0 Å². The number of hydrogen-bond donors (Lipinski definition) is 1. The summed E-state index contributed by atoms with van der Waals surface area (Å²) in [4.78, 5) is 27.4. The Balaban J connectivity index is 1.70. The predicted molar refractivity (Wildman–Crippen MR) is 69.0 cm³/mol. The smallest absolute Gasteiger partial charge is 0.236 e. The van der Waals surface area contributed by atoms with Gasteiger partial charge in [-0.15, -0.1) is 6.58 Å². The van der Waals surface area contributed by atoms with Gasteiger partial charge in [0.15, 0.2) is 0 Å². The Bertz CT molecular complexity index is 331. The average molecular weight is 251 g/mol. The summed E-state index contributed by atoms with van der Waals surface area (Å²) in [5.74, 6) is 0.670. The molecular formula is C13H21N3O2. The third-order valence-electron chi connectivity index (χ3n) is 3.44. The molecular weight excluding hydrogens is 230 g/mol. The van der Waals surface area contributed by atoms with Crippen LogP contribution < -0.4 is 5.32 Å². The van der Waals surface area contributed by atoms with E-state index in [9.17, 15) is 9.59 Å². The maximum absolute atomic E-state index is 11.8. The third-order valence-corrected chi connectivity index (χ3v) is 3.44. The van der Waals surface area contributed by atoms with Crippen molar-refractivity contribution in [1.29, 1.82) is 0 Å². The fraction of sp³-hybridized carbons (Fsp3) is 0.692. The SMILES string of the molecule is C=CCNCC(=O)N1CCN(C(=O)C2CC2)CC1. The van der Waals surface area contributed by atoms with Crippen LogP contribution in [0, 0.1) is 5.92 Å². The first kappa shape index (κ1) is 13.1. The van der Waals surface area contributed by atoms with Crippen molar-refractivity contribution in [2.24, 2.45) is 5.92 Å². The number of carbonyl (C=O) groups is 2. The van der Waals surface area contributed by atoms with Gasteiger partial charge in [0.1, 0.15) is 0 Å². The largest absolute Gasteiger partial charge is 0.339 e. The Morgan fingerprint density at radius 3 is 2.33 bits per heavy atom. The van der Waals surface area contributed by atoms with Gasteiger partial charge in [-0.2, -0.15) is 0 Å². The Morgan fingerprint density at radius 1 is 1.17 bits per heavy atom. The van der Waals surface area contributed by atoms with Crippen molar-refractivity contribution in [3.63, 3.8) is 0 Å². The molecule has 2 aliphatic rings. The van der Waals surface area contributed by atoms with Gasteiger partial charge in [0.25, 0.3) is 0 Å². The molecule has 0 bridgehead atoms. The van der Waals surface area contributed by atoms with E-state index < -0.39 is 0 Å². The maximum Gasteiger partial charge on any atom is 0.236 e. The van der Waals surface area contributed by atoms with Crippen molar-refractivity contribution in [3.05, 3.63) is 12.7 Å². The summed E-state index contributed by atoms with van der Waals surface area (Å²) < 4.78 is 0. The highest BCUT2D eigenvalue weighted by atomic mass is 16.2. The minimum Gasteiger partial charge on any atom is -0.339 e. The van der Waals surface area contributed by atoms with Crippen molar-refractivity contribution in [2.45, 2.75) is 12.8 Å². The maximum atomic E-state index is 11.8. The zero-order valence-electron chi connectivity index (χ0n) is 10.7. The molecule has 2 amide bonds. The van der Waals surface area contributed by atoms with Crippen LogP contribution in [0.1, 0.15) is 12.8 Å². The number of amides is 2. The van der Waals surface area contributed by atoms with E-state index >= 15 is 0 Å². The first-order chi connectivity index (χ1) is 8.72. The van der Waals surface area contributed by atoms with Gasteiger partial charge in [-0.3, -0.25) is 9.59 Å². The summed E-state index contributed by atoms with van der Waals surface area (Å²) in [6.45, 7) is 7.27. The molecule has 1 saturated heterocycles. The molecule has 0 aromatic heterocycles. The first-order valence-corrected chi connectivity index (χ1v) is 6.60. The zero-order valence-corrected chi connectivity index (χ0v) is 10.7. The Kier molecular flexibility index (Phi) is 4.36. The average Bonchev–Trinajstić information content (AvgIpc) is 3.22. The highest BCUT2D eigenvalue weighted by Crippen LogP contribution is 2.31. The monoisotopic (exact) mass is 251 g/mol. The van der Waals surface area contributed by atoms with Crippen LogP contribution in [-0.4, -0.2) is 60.9 Å². The van der Waals surface area contributed by atoms with E-state index in [0.29, 0.717) is 39.3 Å². The molecule has 18 heavy (non-hydrogen) atoms. The van der Waals surface area contributed by atoms with Crippen molar-refractivity contribution in [1.82, 2.24) is 15.1 Å². The van der Waals surface area contributed by atoms with Gasteiger partial charge in [0.2, 0.25) is 11.8 Å². The number of piperazine rings is 1. The molecule has 0 spiro atoms. The van der Waals surface area contributed by atoms with Crippen molar-refractivity contribution >= 4 is 11.8 Å². The lowest BCUT2D eigenvalue weighted by Gasteiger charge is -2.35. The molecule has 0 unspecified atom stereocenters. The Hall–Kier alpha value is -1.36. The molecule has 100 valence electrons. The molecule has 1 heterocycles. The van der Waals surface area contributed by atoms with Gasteiger partial charge in [-0.05, 0) is 12.8 Å². The summed E-state index contributed by atoms with van der Waals surface area (Å²) >= 11 is 0. The van der Waals surface area contributed by atoms with Crippen molar-refractivity contribution < 1.29 is 9.59 Å². The number of hydrogen-bond acceptors (Lipinski definition) is 3. The van der Waals surface area contributed by atoms with E-state index in [-0.39, 0.29) is 17.7 Å². The van der Waals surface area contributed by atoms with E-state index in [1.165, 1.54) is 0 Å². The molecule has 1 N–H and O–H groups in total. The molecule has 2 rings (SSSR count). The van der Waals surface area contributed by atoms with E-state index in [1.54, 1.807) is 6.08 Å². The van der Waals surface area contributed by atoms with Crippen LogP contribution in [0.15, 0.2) is 12.7 Å². The Morgan fingerprint density at radius 2 is 1.78 bits per heavy atom. The molecule has 5 heteroatoms.